The van der Waals surface area contributed by atoms with Gasteiger partial charge in [0.05, 0.1) is 0 Å². The largest absolute Gasteiger partial charge is 0.328 e. The molecule has 17 heavy (non-hydrogen) atoms. The number of nitrogens with one attached hydrogen (secondary N) is 1. The van der Waals surface area contributed by atoms with E-state index in [1.807, 2.05) is 0 Å². The standard InChI is InChI=1S/C15H22N2/c16-13-5-3-6-14(9-13)17-10-12-8-11-4-1-2-7-15(11)12/h1-2,4,7,12-14,17H,3,5-6,8-10,16H2. The molecule has 2 heteroatoms. The summed E-state index contributed by atoms with van der Waals surface area (Å²) in [6.07, 6.45) is 6.23. The topological polar surface area (TPSA) is 38.0 Å². The van der Waals surface area contributed by atoms with Crippen molar-refractivity contribution >= 4 is 0 Å². The molecule has 0 bridgehead atoms. The van der Waals surface area contributed by atoms with Crippen molar-refractivity contribution in [2.24, 2.45) is 5.73 Å². The van der Waals surface area contributed by atoms with Crippen molar-refractivity contribution in [3.05, 3.63) is 35.4 Å². The van der Waals surface area contributed by atoms with Gasteiger partial charge in [-0.05, 0) is 36.8 Å². The normalized spacial score (nSPS) is 31.7. The lowest BCUT2D eigenvalue weighted by Crippen LogP contribution is -2.42. The third kappa shape index (κ3) is 2.38. The number of fused-ring (bicyclic) bond motifs is 1. The first kappa shape index (κ1) is 11.2. The number of nitrogens with two attached hydrogens (primary N) is 1. The zero-order valence-electron chi connectivity index (χ0n) is 10.4. The Kier molecular flexibility index (Phi) is 3.17. The maximum Gasteiger partial charge on any atom is 0.00820 e. The Morgan fingerprint density at radius 1 is 1.24 bits per heavy atom. The highest BCUT2D eigenvalue weighted by molar-refractivity contribution is 5.40. The van der Waals surface area contributed by atoms with Crippen molar-refractivity contribution in [2.75, 3.05) is 6.54 Å². The van der Waals surface area contributed by atoms with E-state index in [-0.39, 0.29) is 0 Å². The number of benzene rings is 1. The van der Waals surface area contributed by atoms with Gasteiger partial charge in [-0.2, -0.15) is 0 Å². The molecule has 92 valence electrons. The first-order valence-electron chi connectivity index (χ1n) is 6.89. The quantitative estimate of drug-likeness (QED) is 0.835. The van der Waals surface area contributed by atoms with E-state index >= 15 is 0 Å². The second-order valence-corrected chi connectivity index (χ2v) is 5.63. The minimum absolute atomic E-state index is 0.426. The molecule has 1 fully saturated rings. The second kappa shape index (κ2) is 4.79. The summed E-state index contributed by atoms with van der Waals surface area (Å²) >= 11 is 0. The minimum Gasteiger partial charge on any atom is -0.328 e. The summed E-state index contributed by atoms with van der Waals surface area (Å²) in [4.78, 5) is 0. The lowest BCUT2D eigenvalue weighted by molar-refractivity contribution is 0.329. The summed E-state index contributed by atoms with van der Waals surface area (Å²) in [6, 6.07) is 9.91. The molecule has 3 N–H and O–H groups in total. The summed E-state index contributed by atoms with van der Waals surface area (Å²) in [7, 11) is 0. The predicted octanol–water partition coefficient (Wildman–Crippen LogP) is 2.19. The van der Waals surface area contributed by atoms with Gasteiger partial charge in [0.1, 0.15) is 0 Å². The molecular formula is C15H22N2. The zero-order valence-corrected chi connectivity index (χ0v) is 10.4. The Hall–Kier alpha value is -0.860. The molecule has 0 saturated heterocycles. The van der Waals surface area contributed by atoms with Crippen LogP contribution in [-0.4, -0.2) is 18.6 Å². The summed E-state index contributed by atoms with van der Waals surface area (Å²) in [6.45, 7) is 1.13. The van der Waals surface area contributed by atoms with E-state index in [0.717, 1.165) is 18.9 Å². The smallest absolute Gasteiger partial charge is 0.00820 e. The van der Waals surface area contributed by atoms with Crippen LogP contribution >= 0.6 is 0 Å². The van der Waals surface area contributed by atoms with Gasteiger partial charge in [0.2, 0.25) is 0 Å². The van der Waals surface area contributed by atoms with Crippen molar-refractivity contribution in [2.45, 2.75) is 50.1 Å². The second-order valence-electron chi connectivity index (χ2n) is 5.63. The molecule has 1 aromatic rings. The van der Waals surface area contributed by atoms with Gasteiger partial charge in [0, 0.05) is 24.5 Å². The highest BCUT2D eigenvalue weighted by Gasteiger charge is 2.26. The molecule has 2 aliphatic carbocycles. The molecule has 3 atom stereocenters. The van der Waals surface area contributed by atoms with E-state index in [1.54, 1.807) is 11.1 Å². The molecule has 0 radical (unpaired) electrons. The minimum atomic E-state index is 0.426. The molecule has 0 spiro atoms. The first-order chi connectivity index (χ1) is 8.33. The number of hydrogen-bond acceptors (Lipinski definition) is 2. The van der Waals surface area contributed by atoms with Crippen molar-refractivity contribution < 1.29 is 0 Å². The monoisotopic (exact) mass is 230 g/mol. The number of rotatable bonds is 3. The highest BCUT2D eigenvalue weighted by atomic mass is 14.9. The first-order valence-corrected chi connectivity index (χ1v) is 6.89. The Labute approximate surface area is 104 Å². The van der Waals surface area contributed by atoms with Gasteiger partial charge in [-0.1, -0.05) is 30.7 Å². The average molecular weight is 230 g/mol. The summed E-state index contributed by atoms with van der Waals surface area (Å²) < 4.78 is 0. The van der Waals surface area contributed by atoms with Crippen molar-refractivity contribution in [1.29, 1.82) is 0 Å². The van der Waals surface area contributed by atoms with Crippen molar-refractivity contribution in [1.82, 2.24) is 5.32 Å². The van der Waals surface area contributed by atoms with Crippen LogP contribution < -0.4 is 11.1 Å². The molecule has 2 nitrogen and oxygen atoms in total. The maximum atomic E-state index is 6.01. The van der Waals surface area contributed by atoms with Crippen LogP contribution in [0.5, 0.6) is 0 Å². The van der Waals surface area contributed by atoms with Crippen LogP contribution in [0, 0.1) is 0 Å². The van der Waals surface area contributed by atoms with Crippen LogP contribution in [0.2, 0.25) is 0 Å². The molecule has 3 unspecified atom stereocenters. The lowest BCUT2D eigenvalue weighted by Gasteiger charge is -2.34. The molecule has 0 heterocycles. The van der Waals surface area contributed by atoms with E-state index in [2.05, 4.69) is 29.6 Å². The highest BCUT2D eigenvalue weighted by Crippen LogP contribution is 2.34. The van der Waals surface area contributed by atoms with Crippen LogP contribution in [0.15, 0.2) is 24.3 Å². The van der Waals surface area contributed by atoms with Crippen LogP contribution in [0.4, 0.5) is 0 Å². The van der Waals surface area contributed by atoms with Gasteiger partial charge < -0.3 is 11.1 Å². The van der Waals surface area contributed by atoms with E-state index in [9.17, 15) is 0 Å². The third-order valence-electron chi connectivity index (χ3n) is 4.33. The summed E-state index contributed by atoms with van der Waals surface area (Å²) in [5.74, 6) is 0.740. The van der Waals surface area contributed by atoms with Crippen molar-refractivity contribution in [3.63, 3.8) is 0 Å². The molecule has 1 aromatic carbocycles. The van der Waals surface area contributed by atoms with E-state index < -0.39 is 0 Å². The fourth-order valence-corrected chi connectivity index (χ4v) is 3.27. The van der Waals surface area contributed by atoms with E-state index in [0.29, 0.717) is 12.1 Å². The molecule has 2 aliphatic rings. The lowest BCUT2D eigenvalue weighted by atomic mass is 9.77. The van der Waals surface area contributed by atoms with Gasteiger partial charge in [-0.25, -0.2) is 0 Å². The van der Waals surface area contributed by atoms with Crippen LogP contribution in [0.1, 0.15) is 42.7 Å². The molecule has 0 aliphatic heterocycles. The molecule has 3 rings (SSSR count). The van der Waals surface area contributed by atoms with E-state index in [4.69, 9.17) is 5.73 Å². The Balaban J connectivity index is 1.50. The van der Waals surface area contributed by atoms with Gasteiger partial charge >= 0.3 is 0 Å². The predicted molar refractivity (Wildman–Crippen MR) is 71.1 cm³/mol. The third-order valence-corrected chi connectivity index (χ3v) is 4.33. The molecule has 1 saturated carbocycles. The van der Waals surface area contributed by atoms with E-state index in [1.165, 1.54) is 25.7 Å². The van der Waals surface area contributed by atoms with Gasteiger partial charge in [-0.3, -0.25) is 0 Å². The Bertz CT molecular complexity index is 388. The van der Waals surface area contributed by atoms with Gasteiger partial charge in [-0.15, -0.1) is 0 Å². The SMILES string of the molecule is NC1CCCC(NCC2Cc3ccccc32)C1. The maximum absolute atomic E-state index is 6.01. The van der Waals surface area contributed by atoms with Gasteiger partial charge in [0.15, 0.2) is 0 Å². The van der Waals surface area contributed by atoms with Gasteiger partial charge in [0.25, 0.3) is 0 Å². The Morgan fingerprint density at radius 3 is 2.94 bits per heavy atom. The number of hydrogen-bond donors (Lipinski definition) is 2. The Morgan fingerprint density at radius 2 is 2.12 bits per heavy atom. The fourth-order valence-electron chi connectivity index (χ4n) is 3.27. The van der Waals surface area contributed by atoms with Crippen LogP contribution in [0.3, 0.4) is 0 Å². The zero-order chi connectivity index (χ0) is 11.7. The van der Waals surface area contributed by atoms with Crippen molar-refractivity contribution in [3.8, 4) is 0 Å². The van der Waals surface area contributed by atoms with Crippen LogP contribution in [0.25, 0.3) is 0 Å². The fraction of sp³-hybridized carbons (Fsp3) is 0.600. The molecule has 0 amide bonds. The summed E-state index contributed by atoms with van der Waals surface area (Å²) in [5.41, 5.74) is 9.11. The average Bonchev–Trinajstić information content (AvgIpc) is 2.30. The van der Waals surface area contributed by atoms with Crippen LogP contribution in [-0.2, 0) is 6.42 Å². The molecule has 0 aromatic heterocycles. The molecular weight excluding hydrogens is 208 g/mol. The summed E-state index contributed by atoms with van der Waals surface area (Å²) in [5, 5.41) is 3.71.